The molecule has 1 atom stereocenters. The van der Waals surface area contributed by atoms with Crippen LogP contribution in [-0.4, -0.2) is 45.3 Å². The van der Waals surface area contributed by atoms with Crippen LogP contribution in [0.1, 0.15) is 26.3 Å². The summed E-state index contributed by atoms with van der Waals surface area (Å²) in [6.45, 7) is 5.75. The molecule has 0 aliphatic carbocycles. The van der Waals surface area contributed by atoms with Gasteiger partial charge in [0.15, 0.2) is 17.3 Å². The standard InChI is InChI=1S/C22H25FN4O4S/c1-22(2,3)31-18(30-4)12-32-21-25-17-11-13(19(24)26-29)5-10-16(17)20(28)27(21)15-8-6-14(23)7-9-15/h5-11,18,29H,12H2,1-4H3,(H2,24,26). The van der Waals surface area contributed by atoms with E-state index in [4.69, 9.17) is 20.4 Å². The molecule has 0 saturated heterocycles. The van der Waals surface area contributed by atoms with Crippen molar-refractivity contribution >= 4 is 28.5 Å². The molecule has 1 aromatic heterocycles. The van der Waals surface area contributed by atoms with Crippen molar-refractivity contribution in [2.24, 2.45) is 10.9 Å². The number of hydrogen-bond acceptors (Lipinski definition) is 7. The van der Waals surface area contributed by atoms with Crippen molar-refractivity contribution in [3.63, 3.8) is 0 Å². The van der Waals surface area contributed by atoms with Crippen LogP contribution < -0.4 is 11.3 Å². The average Bonchev–Trinajstić information content (AvgIpc) is 2.76. The van der Waals surface area contributed by atoms with Crippen LogP contribution in [0.3, 0.4) is 0 Å². The molecule has 3 aromatic rings. The first-order chi connectivity index (χ1) is 15.1. The summed E-state index contributed by atoms with van der Waals surface area (Å²) in [7, 11) is 1.54. The van der Waals surface area contributed by atoms with Crippen molar-refractivity contribution in [3.05, 3.63) is 64.2 Å². The molecule has 8 nitrogen and oxygen atoms in total. The van der Waals surface area contributed by atoms with E-state index in [1.807, 2.05) is 20.8 Å². The smallest absolute Gasteiger partial charge is 0.266 e. The Morgan fingerprint density at radius 1 is 1.28 bits per heavy atom. The maximum atomic E-state index is 13.5. The zero-order valence-electron chi connectivity index (χ0n) is 18.2. The fourth-order valence-corrected chi connectivity index (χ4v) is 3.95. The topological polar surface area (TPSA) is 112 Å². The predicted molar refractivity (Wildman–Crippen MR) is 122 cm³/mol. The number of rotatable bonds is 7. The maximum Gasteiger partial charge on any atom is 0.266 e. The molecule has 3 N–H and O–H groups in total. The van der Waals surface area contributed by atoms with Gasteiger partial charge < -0.3 is 20.4 Å². The lowest BCUT2D eigenvalue weighted by molar-refractivity contribution is -0.168. The van der Waals surface area contributed by atoms with E-state index in [1.165, 1.54) is 40.6 Å². The molecule has 3 rings (SSSR count). The van der Waals surface area contributed by atoms with Gasteiger partial charge in [-0.05, 0) is 57.2 Å². The van der Waals surface area contributed by atoms with Crippen LogP contribution in [0.15, 0.2) is 57.6 Å². The molecule has 0 aliphatic rings. The number of fused-ring (bicyclic) bond motifs is 1. The second-order valence-electron chi connectivity index (χ2n) is 7.94. The number of ether oxygens (including phenoxy) is 2. The van der Waals surface area contributed by atoms with Crippen LogP contribution in [0.2, 0.25) is 0 Å². The molecule has 0 radical (unpaired) electrons. The largest absolute Gasteiger partial charge is 0.409 e. The number of methoxy groups -OCH3 is 1. The Labute approximate surface area is 188 Å². The average molecular weight is 461 g/mol. The quantitative estimate of drug-likeness (QED) is 0.106. The lowest BCUT2D eigenvalue weighted by Crippen LogP contribution is -2.30. The summed E-state index contributed by atoms with van der Waals surface area (Å²) in [4.78, 5) is 18.0. The molecule has 0 fully saturated rings. The van der Waals surface area contributed by atoms with Gasteiger partial charge in [0.2, 0.25) is 0 Å². The van der Waals surface area contributed by atoms with Gasteiger partial charge in [0.05, 0.1) is 27.9 Å². The van der Waals surface area contributed by atoms with Gasteiger partial charge in [-0.2, -0.15) is 0 Å². The number of thioether (sulfide) groups is 1. The van der Waals surface area contributed by atoms with E-state index in [1.54, 1.807) is 25.3 Å². The molecule has 170 valence electrons. The van der Waals surface area contributed by atoms with Crippen molar-refractivity contribution < 1.29 is 19.1 Å². The minimum Gasteiger partial charge on any atom is -0.409 e. The Morgan fingerprint density at radius 2 is 1.97 bits per heavy atom. The van der Waals surface area contributed by atoms with E-state index in [2.05, 4.69) is 10.1 Å². The highest BCUT2D eigenvalue weighted by atomic mass is 32.2. The van der Waals surface area contributed by atoms with Gasteiger partial charge in [0.25, 0.3) is 5.56 Å². The van der Waals surface area contributed by atoms with Crippen LogP contribution in [0, 0.1) is 5.82 Å². The molecule has 0 aliphatic heterocycles. The number of halogens is 1. The first-order valence-corrected chi connectivity index (χ1v) is 10.8. The SMILES string of the molecule is COC(CSc1nc2cc(/C(N)=N/O)ccc2c(=O)n1-c1ccc(F)cc1)OC(C)(C)C. The van der Waals surface area contributed by atoms with Crippen LogP contribution in [0.4, 0.5) is 4.39 Å². The summed E-state index contributed by atoms with van der Waals surface area (Å²) in [6.07, 6.45) is -0.544. The summed E-state index contributed by atoms with van der Waals surface area (Å²) in [6, 6.07) is 10.3. The van der Waals surface area contributed by atoms with Gasteiger partial charge in [-0.3, -0.25) is 9.36 Å². The van der Waals surface area contributed by atoms with Crippen LogP contribution in [0.5, 0.6) is 0 Å². The van der Waals surface area contributed by atoms with Gasteiger partial charge >= 0.3 is 0 Å². The van der Waals surface area contributed by atoms with Gasteiger partial charge in [0.1, 0.15) is 5.82 Å². The number of oxime groups is 1. The highest BCUT2D eigenvalue weighted by Gasteiger charge is 2.21. The number of nitrogens with two attached hydrogens (primary N) is 1. The normalized spacial score (nSPS) is 13.5. The molecule has 0 bridgehead atoms. The van der Waals surface area contributed by atoms with Crippen molar-refractivity contribution in [3.8, 4) is 5.69 Å². The lowest BCUT2D eigenvalue weighted by Gasteiger charge is -2.26. The Kier molecular flexibility index (Phi) is 7.17. The van der Waals surface area contributed by atoms with Crippen LogP contribution >= 0.6 is 11.8 Å². The predicted octanol–water partition coefficient (Wildman–Crippen LogP) is 3.50. The van der Waals surface area contributed by atoms with E-state index in [-0.39, 0.29) is 11.4 Å². The number of aromatic nitrogens is 2. The Balaban J connectivity index is 2.12. The summed E-state index contributed by atoms with van der Waals surface area (Å²) in [5, 5.41) is 12.7. The molecular formula is C22H25FN4O4S. The minimum atomic E-state index is -0.544. The number of nitrogens with zero attached hydrogens (tertiary/aromatic N) is 3. The monoisotopic (exact) mass is 460 g/mol. The second kappa shape index (κ2) is 9.68. The number of hydrogen-bond donors (Lipinski definition) is 2. The van der Waals surface area contributed by atoms with Crippen LogP contribution in [0.25, 0.3) is 16.6 Å². The van der Waals surface area contributed by atoms with Crippen molar-refractivity contribution in [1.29, 1.82) is 0 Å². The fourth-order valence-electron chi connectivity index (χ4n) is 2.98. The molecule has 0 amide bonds. The third-order valence-corrected chi connectivity index (χ3v) is 5.39. The Morgan fingerprint density at radius 3 is 2.56 bits per heavy atom. The fraction of sp³-hybridized carbons (Fsp3) is 0.318. The molecule has 32 heavy (non-hydrogen) atoms. The highest BCUT2D eigenvalue weighted by molar-refractivity contribution is 7.99. The molecule has 1 unspecified atom stereocenters. The van der Waals surface area contributed by atoms with Crippen LogP contribution in [-0.2, 0) is 9.47 Å². The molecular weight excluding hydrogens is 435 g/mol. The van der Waals surface area contributed by atoms with Gasteiger partial charge in [-0.1, -0.05) is 23.0 Å². The Hall–Kier alpha value is -2.95. The third-order valence-electron chi connectivity index (χ3n) is 4.42. The number of benzene rings is 2. The van der Waals surface area contributed by atoms with Crippen molar-refractivity contribution in [2.45, 2.75) is 37.8 Å². The van der Waals surface area contributed by atoms with E-state index >= 15 is 0 Å². The van der Waals surface area contributed by atoms with E-state index in [0.717, 1.165) is 0 Å². The first kappa shape index (κ1) is 23.7. The second-order valence-corrected chi connectivity index (χ2v) is 8.92. The van der Waals surface area contributed by atoms with Gasteiger partial charge in [-0.15, -0.1) is 0 Å². The van der Waals surface area contributed by atoms with Gasteiger partial charge in [0, 0.05) is 12.7 Å². The van der Waals surface area contributed by atoms with E-state index in [0.29, 0.717) is 33.1 Å². The summed E-state index contributed by atoms with van der Waals surface area (Å²) in [5.74, 6) is -0.151. The zero-order chi connectivity index (χ0) is 23.5. The Bertz CT molecular complexity index is 1190. The minimum absolute atomic E-state index is 0.0939. The summed E-state index contributed by atoms with van der Waals surface area (Å²) in [5.41, 5.74) is 6.20. The van der Waals surface area contributed by atoms with Gasteiger partial charge in [-0.25, -0.2) is 9.37 Å². The molecule has 0 spiro atoms. The highest BCUT2D eigenvalue weighted by Crippen LogP contribution is 2.25. The zero-order valence-corrected chi connectivity index (χ0v) is 19.0. The lowest BCUT2D eigenvalue weighted by atomic mass is 10.1. The van der Waals surface area contributed by atoms with E-state index in [9.17, 15) is 9.18 Å². The molecule has 0 saturated carbocycles. The summed E-state index contributed by atoms with van der Waals surface area (Å²) < 4.78 is 26.2. The van der Waals surface area contributed by atoms with Crippen molar-refractivity contribution in [2.75, 3.05) is 12.9 Å². The molecule has 2 aromatic carbocycles. The first-order valence-electron chi connectivity index (χ1n) is 9.77. The molecule has 10 heteroatoms. The summed E-state index contributed by atoms with van der Waals surface area (Å²) >= 11 is 1.27. The van der Waals surface area contributed by atoms with Crippen molar-refractivity contribution in [1.82, 2.24) is 9.55 Å². The van der Waals surface area contributed by atoms with E-state index < -0.39 is 17.7 Å². The number of amidine groups is 1. The molecule has 1 heterocycles. The third kappa shape index (κ3) is 5.45. The maximum absolute atomic E-state index is 13.5.